The molecule has 1 heterocycles. The second kappa shape index (κ2) is 8.31. The van der Waals surface area contributed by atoms with Gasteiger partial charge in [-0.15, -0.1) is 0 Å². The third kappa shape index (κ3) is 4.69. The monoisotopic (exact) mass is 324 g/mol. The highest BCUT2D eigenvalue weighted by Gasteiger charge is 2.36. The van der Waals surface area contributed by atoms with Crippen LogP contribution in [0.4, 0.5) is 0 Å². The molecule has 1 N–H and O–H groups in total. The highest BCUT2D eigenvalue weighted by atomic mass is 16.5. The van der Waals surface area contributed by atoms with Gasteiger partial charge in [0, 0.05) is 12.5 Å². The lowest BCUT2D eigenvalue weighted by Crippen LogP contribution is -2.48. The van der Waals surface area contributed by atoms with Crippen molar-refractivity contribution in [3.05, 3.63) is 0 Å². The maximum Gasteiger partial charge on any atom is 0.325 e. The molecular formula is C17H28N2O4. The number of hydrogen-bond acceptors (Lipinski definition) is 4. The molecular weight excluding hydrogens is 296 g/mol. The summed E-state index contributed by atoms with van der Waals surface area (Å²) in [4.78, 5) is 37.8. The number of likely N-dealkylation sites (tertiary alicyclic amines) is 1. The first-order chi connectivity index (χ1) is 11.0. The Balaban J connectivity index is 1.87. The maximum absolute atomic E-state index is 12.7. The molecule has 2 rings (SSSR count). The highest BCUT2D eigenvalue weighted by molar-refractivity contribution is 5.90. The molecule has 1 saturated heterocycles. The van der Waals surface area contributed by atoms with Gasteiger partial charge in [0.25, 0.3) is 0 Å². The standard InChI is InChI=1S/C17H28N2O4/c1-12(10-13-6-3-4-7-13)17(22)19-9-5-8-14(19)16(21)18-11-15(20)23-2/h12-14H,3-11H2,1-2H3,(H,18,21)/t12-,14+/m1/s1. The molecule has 0 spiro atoms. The third-order valence-corrected chi connectivity index (χ3v) is 5.06. The van der Waals surface area contributed by atoms with Crippen molar-refractivity contribution in [2.24, 2.45) is 11.8 Å². The van der Waals surface area contributed by atoms with Crippen molar-refractivity contribution < 1.29 is 19.1 Å². The zero-order valence-electron chi connectivity index (χ0n) is 14.2. The van der Waals surface area contributed by atoms with Crippen molar-refractivity contribution in [1.82, 2.24) is 10.2 Å². The molecule has 6 heteroatoms. The van der Waals surface area contributed by atoms with Crippen LogP contribution in [0.15, 0.2) is 0 Å². The van der Waals surface area contributed by atoms with Crippen molar-refractivity contribution in [1.29, 1.82) is 0 Å². The molecule has 2 aliphatic rings. The van der Waals surface area contributed by atoms with Crippen molar-refractivity contribution in [3.63, 3.8) is 0 Å². The van der Waals surface area contributed by atoms with Gasteiger partial charge in [0.1, 0.15) is 12.6 Å². The van der Waals surface area contributed by atoms with Gasteiger partial charge in [-0.1, -0.05) is 32.6 Å². The summed E-state index contributed by atoms with van der Waals surface area (Å²) in [5, 5.41) is 2.56. The Kier molecular flexibility index (Phi) is 6.42. The van der Waals surface area contributed by atoms with Crippen LogP contribution in [0.2, 0.25) is 0 Å². The van der Waals surface area contributed by atoms with Crippen molar-refractivity contribution in [2.45, 2.75) is 57.9 Å². The van der Waals surface area contributed by atoms with E-state index in [4.69, 9.17) is 0 Å². The smallest absolute Gasteiger partial charge is 0.325 e. The molecule has 0 radical (unpaired) electrons. The molecule has 0 aromatic rings. The Morgan fingerprint density at radius 3 is 2.52 bits per heavy atom. The summed E-state index contributed by atoms with van der Waals surface area (Å²) < 4.78 is 4.52. The minimum atomic E-state index is -0.483. The van der Waals surface area contributed by atoms with Crippen molar-refractivity contribution >= 4 is 17.8 Å². The second-order valence-corrected chi connectivity index (χ2v) is 6.77. The van der Waals surface area contributed by atoms with Crippen LogP contribution in [0.5, 0.6) is 0 Å². The fourth-order valence-corrected chi connectivity index (χ4v) is 3.78. The number of carbonyl (C=O) groups is 3. The van der Waals surface area contributed by atoms with E-state index in [-0.39, 0.29) is 24.3 Å². The number of carbonyl (C=O) groups excluding carboxylic acids is 3. The Bertz CT molecular complexity index is 446. The quantitative estimate of drug-likeness (QED) is 0.751. The van der Waals surface area contributed by atoms with Crippen LogP contribution >= 0.6 is 0 Å². The number of rotatable bonds is 6. The zero-order chi connectivity index (χ0) is 16.8. The van der Waals surface area contributed by atoms with Gasteiger partial charge in [-0.25, -0.2) is 0 Å². The molecule has 2 atom stereocenters. The molecule has 0 unspecified atom stereocenters. The number of ether oxygens (including phenoxy) is 1. The van der Waals surface area contributed by atoms with Crippen LogP contribution in [-0.4, -0.2) is 48.9 Å². The van der Waals surface area contributed by atoms with Crippen LogP contribution in [0.25, 0.3) is 0 Å². The highest BCUT2D eigenvalue weighted by Crippen LogP contribution is 2.31. The first-order valence-corrected chi connectivity index (χ1v) is 8.68. The lowest BCUT2D eigenvalue weighted by molar-refractivity contribution is -0.143. The number of methoxy groups -OCH3 is 1. The molecule has 0 aromatic carbocycles. The Morgan fingerprint density at radius 2 is 1.87 bits per heavy atom. The summed E-state index contributed by atoms with van der Waals surface area (Å²) in [7, 11) is 1.28. The third-order valence-electron chi connectivity index (χ3n) is 5.06. The topological polar surface area (TPSA) is 75.7 Å². The van der Waals surface area contributed by atoms with Gasteiger partial charge in [0.15, 0.2) is 0 Å². The first-order valence-electron chi connectivity index (χ1n) is 8.68. The zero-order valence-corrected chi connectivity index (χ0v) is 14.2. The fraction of sp³-hybridized carbons (Fsp3) is 0.824. The molecule has 130 valence electrons. The van der Waals surface area contributed by atoms with Gasteiger partial charge in [-0.05, 0) is 25.2 Å². The summed E-state index contributed by atoms with van der Waals surface area (Å²) in [6.07, 6.45) is 7.40. The lowest BCUT2D eigenvalue weighted by Gasteiger charge is -2.27. The molecule has 2 fully saturated rings. The minimum absolute atomic E-state index is 0.0351. The Morgan fingerprint density at radius 1 is 1.17 bits per heavy atom. The second-order valence-electron chi connectivity index (χ2n) is 6.77. The molecule has 1 aliphatic heterocycles. The number of nitrogens with one attached hydrogen (secondary N) is 1. The van der Waals surface area contributed by atoms with E-state index in [1.807, 2.05) is 6.92 Å². The van der Waals surface area contributed by atoms with E-state index in [2.05, 4.69) is 10.1 Å². The largest absolute Gasteiger partial charge is 0.468 e. The Hall–Kier alpha value is -1.59. The molecule has 2 amide bonds. The number of nitrogens with zero attached hydrogens (tertiary/aromatic N) is 1. The van der Waals surface area contributed by atoms with E-state index in [9.17, 15) is 14.4 Å². The van der Waals surface area contributed by atoms with E-state index in [1.54, 1.807) is 4.90 Å². The predicted molar refractivity (Wildman–Crippen MR) is 85.5 cm³/mol. The van der Waals surface area contributed by atoms with E-state index < -0.39 is 12.0 Å². The summed E-state index contributed by atoms with van der Waals surface area (Å²) in [6.45, 7) is 2.46. The molecule has 1 aliphatic carbocycles. The molecule has 23 heavy (non-hydrogen) atoms. The summed E-state index contributed by atoms with van der Waals surface area (Å²) in [5.41, 5.74) is 0. The van der Waals surface area contributed by atoms with Gasteiger partial charge < -0.3 is 15.0 Å². The molecule has 0 bridgehead atoms. The van der Waals surface area contributed by atoms with Gasteiger partial charge in [-0.3, -0.25) is 14.4 Å². The van der Waals surface area contributed by atoms with Crippen molar-refractivity contribution in [3.8, 4) is 0 Å². The minimum Gasteiger partial charge on any atom is -0.468 e. The molecule has 0 aromatic heterocycles. The predicted octanol–water partition coefficient (Wildman–Crippen LogP) is 1.48. The average molecular weight is 324 g/mol. The SMILES string of the molecule is COC(=O)CNC(=O)[C@@H]1CCCN1C(=O)[C@H](C)CC1CCCC1. The summed E-state index contributed by atoms with van der Waals surface area (Å²) in [6, 6.07) is -0.446. The Labute approximate surface area is 137 Å². The summed E-state index contributed by atoms with van der Waals surface area (Å²) in [5.74, 6) is -0.0407. The van der Waals surface area contributed by atoms with E-state index in [0.717, 1.165) is 12.8 Å². The molecule has 6 nitrogen and oxygen atoms in total. The van der Waals surface area contributed by atoms with Crippen molar-refractivity contribution in [2.75, 3.05) is 20.2 Å². The normalized spacial score (nSPS) is 22.9. The van der Waals surface area contributed by atoms with Gasteiger partial charge >= 0.3 is 5.97 Å². The van der Waals surface area contributed by atoms with Gasteiger partial charge in [0.2, 0.25) is 11.8 Å². The van der Waals surface area contributed by atoms with E-state index in [1.165, 1.54) is 32.8 Å². The van der Waals surface area contributed by atoms with Crippen LogP contribution in [0.3, 0.4) is 0 Å². The summed E-state index contributed by atoms with van der Waals surface area (Å²) >= 11 is 0. The fourth-order valence-electron chi connectivity index (χ4n) is 3.78. The van der Waals surface area contributed by atoms with E-state index in [0.29, 0.717) is 18.9 Å². The number of hydrogen-bond donors (Lipinski definition) is 1. The number of amides is 2. The van der Waals surface area contributed by atoms with Crippen LogP contribution in [0.1, 0.15) is 51.9 Å². The van der Waals surface area contributed by atoms with Crippen LogP contribution in [-0.2, 0) is 19.1 Å². The van der Waals surface area contributed by atoms with Crippen LogP contribution in [0, 0.1) is 11.8 Å². The van der Waals surface area contributed by atoms with Gasteiger partial charge in [0.05, 0.1) is 7.11 Å². The number of esters is 1. The van der Waals surface area contributed by atoms with Gasteiger partial charge in [-0.2, -0.15) is 0 Å². The molecule has 1 saturated carbocycles. The average Bonchev–Trinajstić information content (AvgIpc) is 3.22. The maximum atomic E-state index is 12.7. The lowest BCUT2D eigenvalue weighted by atomic mass is 9.93. The van der Waals surface area contributed by atoms with Crippen LogP contribution < -0.4 is 5.32 Å². The first kappa shape index (κ1) is 17.8. The van der Waals surface area contributed by atoms with E-state index >= 15 is 0 Å².